The van der Waals surface area contributed by atoms with E-state index in [9.17, 15) is 5.26 Å². The maximum absolute atomic E-state index is 9.18. The Hall–Kier alpha value is -1.67. The van der Waals surface area contributed by atoms with Gasteiger partial charge in [-0.05, 0) is 19.4 Å². The van der Waals surface area contributed by atoms with E-state index in [1.807, 2.05) is 13.8 Å². The molecule has 5 heteroatoms. The zero-order chi connectivity index (χ0) is 11.5. The highest BCUT2D eigenvalue weighted by Gasteiger charge is 2.19. The summed E-state index contributed by atoms with van der Waals surface area (Å²) in [5, 5.41) is 17.4. The molecule has 1 aromatic heterocycles. The van der Waals surface area contributed by atoms with Gasteiger partial charge in [-0.25, -0.2) is 0 Å². The van der Waals surface area contributed by atoms with E-state index in [1.165, 1.54) is 0 Å². The monoisotopic (exact) mass is 218 g/mol. The summed E-state index contributed by atoms with van der Waals surface area (Å²) in [5.74, 6) is 0.689. The number of hydrogen-bond acceptors (Lipinski definition) is 5. The average Bonchev–Trinajstić information content (AvgIpc) is 2.33. The van der Waals surface area contributed by atoms with Gasteiger partial charge in [-0.1, -0.05) is 0 Å². The second kappa shape index (κ2) is 4.45. The largest absolute Gasteiger partial charge is 0.378 e. The lowest BCUT2D eigenvalue weighted by atomic mass is 10.1. The molecule has 5 nitrogen and oxygen atoms in total. The van der Waals surface area contributed by atoms with Crippen molar-refractivity contribution in [3.05, 3.63) is 16.8 Å². The van der Waals surface area contributed by atoms with Gasteiger partial charge in [0.15, 0.2) is 5.82 Å². The van der Waals surface area contributed by atoms with E-state index in [0.29, 0.717) is 24.6 Å². The van der Waals surface area contributed by atoms with E-state index in [1.54, 1.807) is 0 Å². The molecule has 2 heterocycles. The normalized spacial score (nSPS) is 15.9. The van der Waals surface area contributed by atoms with Crippen LogP contribution >= 0.6 is 0 Å². The minimum atomic E-state index is 0.634. The quantitative estimate of drug-likeness (QED) is 0.697. The Morgan fingerprint density at radius 2 is 1.94 bits per heavy atom. The SMILES string of the molecule is Cc1nnc(N2CCOCC2)c(C#N)c1C. The molecule has 1 saturated heterocycles. The molecule has 1 aromatic rings. The van der Waals surface area contributed by atoms with Gasteiger partial charge in [0.1, 0.15) is 11.6 Å². The molecule has 1 aliphatic rings. The molecule has 0 aliphatic carbocycles. The van der Waals surface area contributed by atoms with Crippen LogP contribution in [0.3, 0.4) is 0 Å². The van der Waals surface area contributed by atoms with Crippen LogP contribution in [0, 0.1) is 25.2 Å². The van der Waals surface area contributed by atoms with Gasteiger partial charge in [0.05, 0.1) is 18.9 Å². The van der Waals surface area contributed by atoms with Crippen LogP contribution in [0.15, 0.2) is 0 Å². The average molecular weight is 218 g/mol. The van der Waals surface area contributed by atoms with Crippen LogP contribution in [0.1, 0.15) is 16.8 Å². The fourth-order valence-corrected chi connectivity index (χ4v) is 1.73. The molecule has 1 aliphatic heterocycles. The van der Waals surface area contributed by atoms with E-state index in [2.05, 4.69) is 21.2 Å². The first kappa shape index (κ1) is 10.8. The number of hydrogen-bond donors (Lipinski definition) is 0. The van der Waals surface area contributed by atoms with E-state index < -0.39 is 0 Å². The maximum atomic E-state index is 9.18. The van der Waals surface area contributed by atoms with Gasteiger partial charge in [0, 0.05) is 13.1 Å². The summed E-state index contributed by atoms with van der Waals surface area (Å²) in [5.41, 5.74) is 2.36. The molecule has 2 rings (SSSR count). The van der Waals surface area contributed by atoms with Gasteiger partial charge in [0.2, 0.25) is 0 Å². The van der Waals surface area contributed by atoms with Gasteiger partial charge in [-0.15, -0.1) is 5.10 Å². The van der Waals surface area contributed by atoms with Crippen molar-refractivity contribution in [2.75, 3.05) is 31.2 Å². The number of nitrogens with zero attached hydrogens (tertiary/aromatic N) is 4. The summed E-state index contributed by atoms with van der Waals surface area (Å²) in [6, 6.07) is 2.22. The van der Waals surface area contributed by atoms with Crippen molar-refractivity contribution < 1.29 is 4.74 Å². The molecule has 0 amide bonds. The number of rotatable bonds is 1. The molecule has 0 radical (unpaired) electrons. The molecule has 0 N–H and O–H groups in total. The van der Waals surface area contributed by atoms with Crippen molar-refractivity contribution in [3.63, 3.8) is 0 Å². The molecule has 0 bridgehead atoms. The Bertz CT molecular complexity index is 432. The van der Waals surface area contributed by atoms with Crippen LogP contribution < -0.4 is 4.90 Å². The first-order chi connectivity index (χ1) is 7.74. The van der Waals surface area contributed by atoms with Gasteiger partial charge >= 0.3 is 0 Å². The van der Waals surface area contributed by atoms with Crippen molar-refractivity contribution in [1.82, 2.24) is 10.2 Å². The molecule has 84 valence electrons. The van der Waals surface area contributed by atoms with Crippen LogP contribution in [-0.4, -0.2) is 36.5 Å². The predicted molar refractivity (Wildman–Crippen MR) is 59.3 cm³/mol. The summed E-state index contributed by atoms with van der Waals surface area (Å²) >= 11 is 0. The summed E-state index contributed by atoms with van der Waals surface area (Å²) in [4.78, 5) is 2.06. The van der Waals surface area contributed by atoms with E-state index in [4.69, 9.17) is 4.74 Å². The topological polar surface area (TPSA) is 62.0 Å². The molecule has 0 unspecified atom stereocenters. The lowest BCUT2D eigenvalue weighted by Gasteiger charge is -2.28. The van der Waals surface area contributed by atoms with Crippen molar-refractivity contribution in [3.8, 4) is 6.07 Å². The predicted octanol–water partition coefficient (Wildman–Crippen LogP) is 0.802. The molecule has 16 heavy (non-hydrogen) atoms. The van der Waals surface area contributed by atoms with Crippen molar-refractivity contribution in [2.24, 2.45) is 0 Å². The van der Waals surface area contributed by atoms with Crippen LogP contribution in [0.4, 0.5) is 5.82 Å². The zero-order valence-electron chi connectivity index (χ0n) is 9.53. The summed E-state index contributed by atoms with van der Waals surface area (Å²) in [7, 11) is 0. The smallest absolute Gasteiger partial charge is 0.169 e. The highest BCUT2D eigenvalue weighted by atomic mass is 16.5. The number of aromatic nitrogens is 2. The Kier molecular flexibility index (Phi) is 3.02. The summed E-state index contributed by atoms with van der Waals surface area (Å²) in [6.45, 7) is 6.68. The number of anilines is 1. The first-order valence-electron chi connectivity index (χ1n) is 5.30. The van der Waals surface area contributed by atoms with Gasteiger partial charge in [0.25, 0.3) is 0 Å². The Morgan fingerprint density at radius 1 is 1.25 bits per heavy atom. The number of morpholine rings is 1. The second-order valence-electron chi connectivity index (χ2n) is 3.82. The minimum Gasteiger partial charge on any atom is -0.378 e. The lowest BCUT2D eigenvalue weighted by Crippen LogP contribution is -2.37. The van der Waals surface area contributed by atoms with E-state index >= 15 is 0 Å². The Labute approximate surface area is 94.7 Å². The number of ether oxygens (including phenoxy) is 1. The first-order valence-corrected chi connectivity index (χ1v) is 5.30. The summed E-state index contributed by atoms with van der Waals surface area (Å²) in [6.07, 6.45) is 0. The Morgan fingerprint density at radius 3 is 2.56 bits per heavy atom. The van der Waals surface area contributed by atoms with Crippen molar-refractivity contribution in [1.29, 1.82) is 5.26 Å². The third-order valence-electron chi connectivity index (χ3n) is 2.86. The fourth-order valence-electron chi connectivity index (χ4n) is 1.73. The van der Waals surface area contributed by atoms with Crippen LogP contribution in [0.2, 0.25) is 0 Å². The highest BCUT2D eigenvalue weighted by molar-refractivity contribution is 5.57. The molecule has 0 atom stereocenters. The van der Waals surface area contributed by atoms with E-state index in [0.717, 1.165) is 24.3 Å². The number of nitriles is 1. The van der Waals surface area contributed by atoms with Gasteiger partial charge in [-0.2, -0.15) is 10.4 Å². The van der Waals surface area contributed by atoms with Crippen molar-refractivity contribution in [2.45, 2.75) is 13.8 Å². The molecular formula is C11H14N4O. The molecule has 1 fully saturated rings. The van der Waals surface area contributed by atoms with Crippen LogP contribution in [0.5, 0.6) is 0 Å². The van der Waals surface area contributed by atoms with Crippen LogP contribution in [0.25, 0.3) is 0 Å². The third kappa shape index (κ3) is 1.84. The molecule has 0 spiro atoms. The molecule has 0 saturated carbocycles. The lowest BCUT2D eigenvalue weighted by molar-refractivity contribution is 0.122. The molecule has 0 aromatic carbocycles. The third-order valence-corrected chi connectivity index (χ3v) is 2.86. The minimum absolute atomic E-state index is 0.634. The van der Waals surface area contributed by atoms with Gasteiger partial charge < -0.3 is 9.64 Å². The fraction of sp³-hybridized carbons (Fsp3) is 0.545. The zero-order valence-corrected chi connectivity index (χ0v) is 9.53. The van der Waals surface area contributed by atoms with Crippen molar-refractivity contribution >= 4 is 5.82 Å². The molecular weight excluding hydrogens is 204 g/mol. The second-order valence-corrected chi connectivity index (χ2v) is 3.82. The summed E-state index contributed by atoms with van der Waals surface area (Å²) < 4.78 is 5.28. The standard InChI is InChI=1S/C11H14N4O/c1-8-9(2)13-14-11(10(8)7-12)15-3-5-16-6-4-15/h3-6H2,1-2H3. The Balaban J connectivity index is 2.40. The maximum Gasteiger partial charge on any atom is 0.169 e. The van der Waals surface area contributed by atoms with Crippen LogP contribution in [-0.2, 0) is 4.74 Å². The number of aryl methyl sites for hydroxylation is 1. The van der Waals surface area contributed by atoms with E-state index in [-0.39, 0.29) is 0 Å². The highest BCUT2D eigenvalue weighted by Crippen LogP contribution is 2.21. The van der Waals surface area contributed by atoms with Gasteiger partial charge in [-0.3, -0.25) is 0 Å².